The third-order valence-corrected chi connectivity index (χ3v) is 13.8. The SMILES string of the molecule is C1CCC2C3NC(NC4NC(NC5NC(NC6NC(N3)C3CCCCC63)C3CCCCC53)C3CCCCC43)C2C1.[Cl][Ti][Cl]. The number of fused-ring (bicyclic) bond motifs is 20. The van der Waals surface area contributed by atoms with Gasteiger partial charge in [0, 0.05) is 0 Å². The van der Waals surface area contributed by atoms with Crippen LogP contribution >= 0.6 is 18.6 Å². The second-order valence-electron chi connectivity index (χ2n) is 15.7. The molecule has 0 radical (unpaired) electrons. The number of hydrogen-bond donors (Lipinski definition) is 8. The summed E-state index contributed by atoms with van der Waals surface area (Å²) in [6, 6.07) is 0. The molecule has 43 heavy (non-hydrogen) atoms. The monoisotopic (exact) mass is 670 g/mol. The van der Waals surface area contributed by atoms with Gasteiger partial charge in [-0.25, -0.2) is 0 Å². The second kappa shape index (κ2) is 13.8. The molecule has 0 spiro atoms. The van der Waals surface area contributed by atoms with Crippen LogP contribution < -0.4 is 42.5 Å². The molecule has 8 N–H and O–H groups in total. The standard InChI is InChI=1S/C32H56N8.2ClH.Ti/c1-2-10-18-17(9-1)25-33-26(18)38-28-21-13-5-6-14-22(21)30(35-28)40-32-24-16-8-7-15-23(24)31(36-32)39-29-20-12-4-3-11-19(20)27(34-29)37-25;;;/h17-40H,1-16H2;2*1H;/q;;;+2/p-2. The fraction of sp³-hybridized carbons (Fsp3) is 1.00. The molecule has 8 nitrogen and oxygen atoms in total. The molecule has 4 aliphatic carbocycles. The molecular weight excluding hydrogens is 615 g/mol. The number of rotatable bonds is 0. The molecular formula is C32H56Cl2N8Ti. The maximum atomic E-state index is 4.89. The molecule has 0 aromatic carbocycles. The fourth-order valence-corrected chi connectivity index (χ4v) is 12.0. The van der Waals surface area contributed by atoms with Gasteiger partial charge in [-0.3, -0.25) is 42.5 Å². The molecule has 9 fully saturated rings. The van der Waals surface area contributed by atoms with Gasteiger partial charge in [0.1, 0.15) is 0 Å². The molecule has 11 heteroatoms. The second-order valence-corrected chi connectivity index (χ2v) is 18.3. The van der Waals surface area contributed by atoms with E-state index in [0.717, 1.165) is 47.3 Å². The summed E-state index contributed by atoms with van der Waals surface area (Å²) in [5, 5.41) is 33.8. The van der Waals surface area contributed by atoms with E-state index in [1.165, 1.54) is 103 Å². The van der Waals surface area contributed by atoms with Crippen molar-refractivity contribution in [2.24, 2.45) is 47.3 Å². The van der Waals surface area contributed by atoms with Crippen LogP contribution in [0.1, 0.15) is 103 Å². The molecule has 8 unspecified atom stereocenters. The van der Waals surface area contributed by atoms with Gasteiger partial charge in [-0.05, 0) is 98.7 Å². The Morgan fingerprint density at radius 1 is 0.279 bits per heavy atom. The Labute approximate surface area is 276 Å². The summed E-state index contributed by atoms with van der Waals surface area (Å²) in [4.78, 5) is 0. The minimum atomic E-state index is -0.556. The third-order valence-electron chi connectivity index (χ3n) is 13.8. The van der Waals surface area contributed by atoms with Crippen LogP contribution in [0.4, 0.5) is 0 Å². The van der Waals surface area contributed by atoms with E-state index in [1.54, 1.807) is 0 Å². The van der Waals surface area contributed by atoms with Gasteiger partial charge in [-0.1, -0.05) is 51.4 Å². The molecule has 5 saturated heterocycles. The molecule has 242 valence electrons. The van der Waals surface area contributed by atoms with Crippen LogP contribution in [0.5, 0.6) is 0 Å². The van der Waals surface area contributed by atoms with Crippen molar-refractivity contribution in [3.8, 4) is 0 Å². The normalized spacial score (nSPS) is 53.9. The van der Waals surface area contributed by atoms with Crippen molar-refractivity contribution in [2.45, 2.75) is 152 Å². The van der Waals surface area contributed by atoms with Crippen molar-refractivity contribution in [3.63, 3.8) is 0 Å². The number of hydrogen-bond acceptors (Lipinski definition) is 8. The summed E-state index contributed by atoms with van der Waals surface area (Å²) < 4.78 is 0. The minimum absolute atomic E-state index is 0.420. The van der Waals surface area contributed by atoms with Gasteiger partial charge < -0.3 is 0 Å². The Morgan fingerprint density at radius 3 is 0.512 bits per heavy atom. The quantitative estimate of drug-likeness (QED) is 0.184. The zero-order valence-electron chi connectivity index (χ0n) is 25.8. The first-order valence-corrected chi connectivity index (χ1v) is 22.6. The van der Waals surface area contributed by atoms with E-state index in [2.05, 4.69) is 42.5 Å². The van der Waals surface area contributed by atoms with Crippen LogP contribution in [0.3, 0.4) is 0 Å². The van der Waals surface area contributed by atoms with Crippen LogP contribution in [0.15, 0.2) is 0 Å². The number of halogens is 2. The third kappa shape index (κ3) is 6.08. The van der Waals surface area contributed by atoms with Crippen LogP contribution in [0.25, 0.3) is 0 Å². The first-order chi connectivity index (χ1) is 21.2. The van der Waals surface area contributed by atoms with E-state index in [-0.39, 0.29) is 0 Å². The van der Waals surface area contributed by atoms with Crippen LogP contribution in [0, 0.1) is 47.3 Å². The number of nitrogens with one attached hydrogen (secondary N) is 8. The van der Waals surface area contributed by atoms with E-state index < -0.39 is 17.0 Å². The van der Waals surface area contributed by atoms with Crippen molar-refractivity contribution in [2.75, 3.05) is 0 Å². The van der Waals surface area contributed by atoms with Crippen LogP contribution in [-0.2, 0) is 17.0 Å². The van der Waals surface area contributed by atoms with Gasteiger partial charge in [-0.2, -0.15) is 0 Å². The maximum absolute atomic E-state index is 4.89. The van der Waals surface area contributed by atoms with Gasteiger partial charge >= 0.3 is 35.6 Å². The van der Waals surface area contributed by atoms with E-state index in [9.17, 15) is 0 Å². The van der Waals surface area contributed by atoms with Gasteiger partial charge in [-0.15, -0.1) is 0 Å². The predicted octanol–water partition coefficient (Wildman–Crippen LogP) is 3.98. The van der Waals surface area contributed by atoms with Crippen LogP contribution in [-0.4, -0.2) is 49.3 Å². The molecule has 4 saturated carbocycles. The van der Waals surface area contributed by atoms with E-state index in [1.807, 2.05) is 0 Å². The topological polar surface area (TPSA) is 96.2 Å². The van der Waals surface area contributed by atoms with Crippen molar-refractivity contribution in [3.05, 3.63) is 0 Å². The Hall–Kier alpha value is 0.974. The first-order valence-electron chi connectivity index (χ1n) is 18.3. The molecule has 0 aromatic rings. The molecule has 5 aliphatic heterocycles. The van der Waals surface area contributed by atoms with E-state index in [0.29, 0.717) is 49.3 Å². The first kappa shape index (κ1) is 31.3. The Morgan fingerprint density at radius 2 is 0.395 bits per heavy atom. The Balaban J connectivity index is 0.000000892. The molecule has 8 atom stereocenters. The summed E-state index contributed by atoms with van der Waals surface area (Å²) in [5.41, 5.74) is 0. The fourth-order valence-electron chi connectivity index (χ4n) is 12.0. The average Bonchev–Trinajstić information content (AvgIpc) is 3.77. The van der Waals surface area contributed by atoms with Gasteiger partial charge in [0.25, 0.3) is 0 Å². The molecule has 8 bridgehead atoms. The Bertz CT molecular complexity index is 743. The van der Waals surface area contributed by atoms with Crippen molar-refractivity contribution < 1.29 is 17.0 Å². The molecule has 5 heterocycles. The zero-order chi connectivity index (χ0) is 28.9. The molecule has 0 aromatic heterocycles. The summed E-state index contributed by atoms with van der Waals surface area (Å²) in [6.07, 6.45) is 25.6. The van der Waals surface area contributed by atoms with Gasteiger partial charge in [0.05, 0.1) is 49.3 Å². The van der Waals surface area contributed by atoms with Crippen LogP contribution in [0.2, 0.25) is 0 Å². The summed E-state index contributed by atoms with van der Waals surface area (Å²) in [5.74, 6) is 5.97. The molecule has 9 aliphatic rings. The Kier molecular flexibility index (Phi) is 10.1. The van der Waals surface area contributed by atoms with Crippen molar-refractivity contribution in [1.29, 1.82) is 0 Å². The van der Waals surface area contributed by atoms with E-state index >= 15 is 0 Å². The van der Waals surface area contributed by atoms with Crippen molar-refractivity contribution >= 4 is 18.6 Å². The van der Waals surface area contributed by atoms with Gasteiger partial charge in [0.15, 0.2) is 0 Å². The molecule has 9 rings (SSSR count). The summed E-state index contributed by atoms with van der Waals surface area (Å²) >= 11 is -0.556. The van der Waals surface area contributed by atoms with Crippen molar-refractivity contribution in [1.82, 2.24) is 42.5 Å². The molecule has 0 amide bonds. The van der Waals surface area contributed by atoms with Gasteiger partial charge in [0.2, 0.25) is 0 Å². The summed E-state index contributed by atoms with van der Waals surface area (Å²) in [6.45, 7) is 0. The zero-order valence-corrected chi connectivity index (χ0v) is 28.9. The average molecular weight is 672 g/mol. The predicted molar refractivity (Wildman–Crippen MR) is 169 cm³/mol. The van der Waals surface area contributed by atoms with E-state index in [4.69, 9.17) is 18.6 Å². The summed E-state index contributed by atoms with van der Waals surface area (Å²) in [7, 11) is 9.78.